The number of nitrogens with one attached hydrogen (secondary N) is 1. The Bertz CT molecular complexity index is 443. The molecule has 2 aromatic heterocycles. The maximum absolute atomic E-state index is 3.95. The fraction of sp³-hybridized carbons (Fsp3) is 0.286. The van der Waals surface area contributed by atoms with E-state index in [9.17, 15) is 0 Å². The van der Waals surface area contributed by atoms with Crippen molar-refractivity contribution in [2.24, 2.45) is 0 Å². The predicted molar refractivity (Wildman–Crippen MR) is 77.9 cm³/mol. The van der Waals surface area contributed by atoms with Gasteiger partial charge in [0, 0.05) is 28.8 Å². The monoisotopic (exact) mass is 263 g/mol. The first-order valence-corrected chi connectivity index (χ1v) is 7.45. The highest BCUT2D eigenvalue weighted by Crippen LogP contribution is 2.24. The van der Waals surface area contributed by atoms with Gasteiger partial charge in [0.05, 0.1) is 0 Å². The van der Waals surface area contributed by atoms with Crippen molar-refractivity contribution < 1.29 is 0 Å². The average Bonchev–Trinajstić information content (AvgIpc) is 2.96. The molecule has 2 rings (SSSR count). The average molecular weight is 263 g/mol. The molecule has 0 bridgehead atoms. The second kappa shape index (κ2) is 6.15. The predicted octanol–water partition coefficient (Wildman–Crippen LogP) is 4.26. The lowest BCUT2D eigenvalue weighted by Gasteiger charge is -2.16. The van der Waals surface area contributed by atoms with Crippen LogP contribution in [0, 0.1) is 0 Å². The fourth-order valence-electron chi connectivity index (χ4n) is 1.69. The lowest BCUT2D eigenvalue weighted by molar-refractivity contribution is 0.570. The fourth-order valence-corrected chi connectivity index (χ4v) is 3.24. The van der Waals surface area contributed by atoms with Gasteiger partial charge in [-0.25, -0.2) is 0 Å². The van der Waals surface area contributed by atoms with Gasteiger partial charge >= 0.3 is 0 Å². The summed E-state index contributed by atoms with van der Waals surface area (Å²) in [6.45, 7) is 6.89. The molecule has 0 radical (unpaired) electrons. The minimum atomic E-state index is 0.408. The van der Waals surface area contributed by atoms with Gasteiger partial charge in [0.15, 0.2) is 0 Å². The Morgan fingerprint density at radius 2 is 2.06 bits per heavy atom. The van der Waals surface area contributed by atoms with E-state index in [1.807, 2.05) is 22.7 Å². The van der Waals surface area contributed by atoms with Crippen molar-refractivity contribution in [3.63, 3.8) is 0 Å². The van der Waals surface area contributed by atoms with Crippen LogP contribution in [0.15, 0.2) is 47.2 Å². The number of rotatable bonds is 6. The topological polar surface area (TPSA) is 12.0 Å². The maximum Gasteiger partial charge on any atom is 0.0466 e. The summed E-state index contributed by atoms with van der Waals surface area (Å²) in [6, 6.07) is 9.04. The molecule has 17 heavy (non-hydrogen) atoms. The Morgan fingerprint density at radius 1 is 1.29 bits per heavy atom. The van der Waals surface area contributed by atoms with Crippen LogP contribution in [0.2, 0.25) is 0 Å². The molecule has 0 amide bonds. The van der Waals surface area contributed by atoms with E-state index >= 15 is 0 Å². The van der Waals surface area contributed by atoms with Crippen LogP contribution in [-0.2, 0) is 6.42 Å². The minimum Gasteiger partial charge on any atom is -0.305 e. The molecule has 0 saturated carbocycles. The van der Waals surface area contributed by atoms with Crippen LogP contribution in [-0.4, -0.2) is 6.54 Å². The van der Waals surface area contributed by atoms with E-state index in [0.29, 0.717) is 6.04 Å². The Balaban J connectivity index is 2.04. The Hall–Kier alpha value is -0.900. The molecule has 1 unspecified atom stereocenters. The van der Waals surface area contributed by atoms with Crippen molar-refractivity contribution in [2.45, 2.75) is 19.4 Å². The highest BCUT2D eigenvalue weighted by atomic mass is 32.1. The molecule has 0 spiro atoms. The Morgan fingerprint density at radius 3 is 2.65 bits per heavy atom. The highest BCUT2D eigenvalue weighted by molar-refractivity contribution is 7.10. The van der Waals surface area contributed by atoms with Gasteiger partial charge in [0.25, 0.3) is 0 Å². The van der Waals surface area contributed by atoms with Crippen molar-refractivity contribution in [3.8, 4) is 0 Å². The van der Waals surface area contributed by atoms with E-state index in [0.717, 1.165) is 13.0 Å². The van der Waals surface area contributed by atoms with Crippen LogP contribution in [0.1, 0.15) is 22.7 Å². The zero-order valence-electron chi connectivity index (χ0n) is 9.98. The molecular formula is C14H17NS2. The van der Waals surface area contributed by atoms with Gasteiger partial charge in [-0.1, -0.05) is 24.3 Å². The second-order valence-electron chi connectivity index (χ2n) is 4.19. The number of hydrogen-bond donors (Lipinski definition) is 1. The summed E-state index contributed by atoms with van der Waals surface area (Å²) in [7, 11) is 0. The van der Waals surface area contributed by atoms with Crippen LogP contribution in [0.4, 0.5) is 0 Å². The van der Waals surface area contributed by atoms with E-state index in [4.69, 9.17) is 0 Å². The molecule has 2 heterocycles. The number of thiophene rings is 2. The summed E-state index contributed by atoms with van der Waals surface area (Å²) in [6.07, 6.45) is 1.06. The minimum absolute atomic E-state index is 0.408. The van der Waals surface area contributed by atoms with Crippen LogP contribution < -0.4 is 5.32 Å². The van der Waals surface area contributed by atoms with E-state index in [1.165, 1.54) is 15.3 Å². The molecule has 1 atom stereocenters. The smallest absolute Gasteiger partial charge is 0.0466 e. The zero-order valence-corrected chi connectivity index (χ0v) is 11.6. The van der Waals surface area contributed by atoms with Crippen molar-refractivity contribution >= 4 is 22.7 Å². The standard InChI is InChI=1S/C14H17NS2/c1-11(2)10-15-13(14-6-4-8-17-14)9-12-5-3-7-16-12/h3-8,13,15H,1,9-10H2,2H3. The van der Waals surface area contributed by atoms with Crippen molar-refractivity contribution in [2.75, 3.05) is 6.54 Å². The Kier molecular flexibility index (Phi) is 4.54. The van der Waals surface area contributed by atoms with Gasteiger partial charge in [0.1, 0.15) is 0 Å². The highest BCUT2D eigenvalue weighted by Gasteiger charge is 2.13. The molecule has 1 N–H and O–H groups in total. The molecule has 0 aromatic carbocycles. The van der Waals surface area contributed by atoms with Gasteiger partial charge in [0.2, 0.25) is 0 Å². The van der Waals surface area contributed by atoms with Gasteiger partial charge < -0.3 is 5.32 Å². The van der Waals surface area contributed by atoms with E-state index < -0.39 is 0 Å². The molecular weight excluding hydrogens is 246 g/mol. The van der Waals surface area contributed by atoms with Gasteiger partial charge in [-0.3, -0.25) is 0 Å². The van der Waals surface area contributed by atoms with E-state index in [1.54, 1.807) is 0 Å². The van der Waals surface area contributed by atoms with Crippen LogP contribution in [0.25, 0.3) is 0 Å². The third kappa shape index (κ3) is 3.80. The molecule has 0 fully saturated rings. The normalized spacial score (nSPS) is 12.5. The first kappa shape index (κ1) is 12.6. The van der Waals surface area contributed by atoms with E-state index in [-0.39, 0.29) is 0 Å². The van der Waals surface area contributed by atoms with Gasteiger partial charge in [-0.2, -0.15) is 0 Å². The summed E-state index contributed by atoms with van der Waals surface area (Å²) in [5.41, 5.74) is 1.18. The van der Waals surface area contributed by atoms with Crippen molar-refractivity contribution in [1.82, 2.24) is 5.32 Å². The number of hydrogen-bond acceptors (Lipinski definition) is 3. The second-order valence-corrected chi connectivity index (χ2v) is 6.20. The molecule has 0 saturated heterocycles. The first-order chi connectivity index (χ1) is 8.25. The summed E-state index contributed by atoms with van der Waals surface area (Å²) in [4.78, 5) is 2.83. The SMILES string of the molecule is C=C(C)CNC(Cc1cccs1)c1cccs1. The molecule has 2 aromatic rings. The Labute approximate surface area is 111 Å². The zero-order chi connectivity index (χ0) is 12.1. The van der Waals surface area contributed by atoms with Crippen molar-refractivity contribution in [1.29, 1.82) is 0 Å². The van der Waals surface area contributed by atoms with Crippen LogP contribution in [0.3, 0.4) is 0 Å². The van der Waals surface area contributed by atoms with Gasteiger partial charge in [-0.15, -0.1) is 22.7 Å². The van der Waals surface area contributed by atoms with E-state index in [2.05, 4.69) is 53.8 Å². The summed E-state index contributed by atoms with van der Waals surface area (Å²) in [5.74, 6) is 0. The van der Waals surface area contributed by atoms with Gasteiger partial charge in [-0.05, 0) is 29.8 Å². The maximum atomic E-state index is 3.95. The molecule has 3 heteroatoms. The largest absolute Gasteiger partial charge is 0.305 e. The molecule has 0 aliphatic carbocycles. The lowest BCUT2D eigenvalue weighted by Crippen LogP contribution is -2.23. The third-order valence-electron chi connectivity index (χ3n) is 2.52. The summed E-state index contributed by atoms with van der Waals surface area (Å²) >= 11 is 3.64. The van der Waals surface area contributed by atoms with Crippen molar-refractivity contribution in [3.05, 3.63) is 56.9 Å². The molecule has 0 aliphatic rings. The quantitative estimate of drug-likeness (QED) is 0.768. The molecule has 90 valence electrons. The third-order valence-corrected chi connectivity index (χ3v) is 4.41. The lowest BCUT2D eigenvalue weighted by atomic mass is 10.1. The van der Waals surface area contributed by atoms with Crippen LogP contribution in [0.5, 0.6) is 0 Å². The molecule has 1 nitrogen and oxygen atoms in total. The molecule has 0 aliphatic heterocycles. The summed E-state index contributed by atoms with van der Waals surface area (Å²) < 4.78 is 0. The first-order valence-electron chi connectivity index (χ1n) is 5.69. The summed E-state index contributed by atoms with van der Waals surface area (Å²) in [5, 5.41) is 7.85. The van der Waals surface area contributed by atoms with Crippen LogP contribution >= 0.6 is 22.7 Å².